The fraction of sp³-hybridized carbons (Fsp3) is 0.417. The molecule has 8 heteroatoms. The predicted octanol–water partition coefficient (Wildman–Crippen LogP) is 0.0609. The van der Waals surface area contributed by atoms with Gasteiger partial charge in [-0.3, -0.25) is 14.9 Å². The van der Waals surface area contributed by atoms with E-state index in [2.05, 4.69) is 5.32 Å². The Hall–Kier alpha value is -2.19. The van der Waals surface area contributed by atoms with Crippen LogP contribution in [0, 0.1) is 10.1 Å². The maximum absolute atomic E-state index is 11.3. The van der Waals surface area contributed by atoms with Gasteiger partial charge in [0.25, 0.3) is 11.6 Å². The summed E-state index contributed by atoms with van der Waals surface area (Å²) in [7, 11) is 0. The van der Waals surface area contributed by atoms with E-state index in [-0.39, 0.29) is 29.7 Å². The van der Waals surface area contributed by atoms with Gasteiger partial charge in [-0.25, -0.2) is 0 Å². The van der Waals surface area contributed by atoms with E-state index in [4.69, 9.17) is 15.2 Å². The molecule has 0 aromatic heterocycles. The molecular weight excluding hydrogens is 266 g/mol. The molecule has 20 heavy (non-hydrogen) atoms. The van der Waals surface area contributed by atoms with Crippen molar-refractivity contribution in [3.8, 4) is 5.75 Å². The molecule has 1 aromatic carbocycles. The number of non-ortho nitro benzene ring substituents is 1. The zero-order valence-corrected chi connectivity index (χ0v) is 10.7. The van der Waals surface area contributed by atoms with Crippen molar-refractivity contribution in [2.45, 2.75) is 6.10 Å². The normalized spacial score (nSPS) is 18.5. The van der Waals surface area contributed by atoms with Gasteiger partial charge in [0.2, 0.25) is 0 Å². The average molecular weight is 281 g/mol. The van der Waals surface area contributed by atoms with Crippen LogP contribution in [0.25, 0.3) is 0 Å². The van der Waals surface area contributed by atoms with E-state index in [1.165, 1.54) is 12.1 Å². The van der Waals surface area contributed by atoms with E-state index < -0.39 is 10.8 Å². The van der Waals surface area contributed by atoms with Crippen molar-refractivity contribution in [1.29, 1.82) is 0 Å². The highest BCUT2D eigenvalue weighted by Crippen LogP contribution is 2.24. The van der Waals surface area contributed by atoms with Gasteiger partial charge in [0, 0.05) is 25.2 Å². The number of nitro benzene ring substituents is 1. The van der Waals surface area contributed by atoms with Crippen LogP contribution >= 0.6 is 0 Å². The van der Waals surface area contributed by atoms with Gasteiger partial charge in [-0.15, -0.1) is 0 Å². The average Bonchev–Trinajstić information content (AvgIpc) is 2.45. The lowest BCUT2D eigenvalue weighted by Crippen LogP contribution is -2.41. The number of nitrogens with two attached hydrogens (primary N) is 1. The molecule has 2 rings (SSSR count). The van der Waals surface area contributed by atoms with Crippen molar-refractivity contribution in [3.05, 3.63) is 33.9 Å². The van der Waals surface area contributed by atoms with Gasteiger partial charge < -0.3 is 20.5 Å². The minimum absolute atomic E-state index is 0.0111. The third-order valence-corrected chi connectivity index (χ3v) is 2.87. The second kappa shape index (κ2) is 6.31. The molecule has 1 amide bonds. The largest absolute Gasteiger partial charge is 0.490 e. The summed E-state index contributed by atoms with van der Waals surface area (Å²) in [4.78, 5) is 21.4. The molecule has 1 aromatic rings. The molecule has 8 nitrogen and oxygen atoms in total. The molecule has 108 valence electrons. The summed E-state index contributed by atoms with van der Waals surface area (Å²) in [5.41, 5.74) is 4.99. The number of morpholine rings is 1. The van der Waals surface area contributed by atoms with Crippen molar-refractivity contribution < 1.29 is 19.2 Å². The lowest BCUT2D eigenvalue weighted by atomic mass is 10.1. The second-order valence-corrected chi connectivity index (χ2v) is 4.31. The number of hydrogen-bond acceptors (Lipinski definition) is 6. The maximum Gasteiger partial charge on any atom is 0.270 e. The van der Waals surface area contributed by atoms with Crippen molar-refractivity contribution in [1.82, 2.24) is 5.32 Å². The number of nitro groups is 1. The molecule has 0 bridgehead atoms. The Morgan fingerprint density at radius 1 is 1.60 bits per heavy atom. The van der Waals surface area contributed by atoms with Gasteiger partial charge in [0.05, 0.1) is 17.1 Å². The van der Waals surface area contributed by atoms with Gasteiger partial charge in [0.1, 0.15) is 18.5 Å². The maximum atomic E-state index is 11.3. The first kappa shape index (κ1) is 14.2. The van der Waals surface area contributed by atoms with E-state index in [1.54, 1.807) is 0 Å². The van der Waals surface area contributed by atoms with Crippen LogP contribution in [-0.2, 0) is 4.74 Å². The SMILES string of the molecule is NC(=O)c1cc([N+](=O)[O-])ccc1OCC1CNCCO1. The van der Waals surface area contributed by atoms with Gasteiger partial charge in [-0.05, 0) is 6.07 Å². The van der Waals surface area contributed by atoms with Crippen LogP contribution in [0.3, 0.4) is 0 Å². The van der Waals surface area contributed by atoms with E-state index in [0.717, 1.165) is 12.6 Å². The number of nitrogens with one attached hydrogen (secondary N) is 1. The van der Waals surface area contributed by atoms with Crippen molar-refractivity contribution >= 4 is 11.6 Å². The predicted molar refractivity (Wildman–Crippen MR) is 69.7 cm³/mol. The fourth-order valence-electron chi connectivity index (χ4n) is 1.86. The quantitative estimate of drug-likeness (QED) is 0.582. The third kappa shape index (κ3) is 3.43. The number of nitrogens with zero attached hydrogens (tertiary/aromatic N) is 1. The third-order valence-electron chi connectivity index (χ3n) is 2.87. The summed E-state index contributed by atoms with van der Waals surface area (Å²) >= 11 is 0. The minimum Gasteiger partial charge on any atom is -0.490 e. The second-order valence-electron chi connectivity index (χ2n) is 4.31. The molecule has 0 saturated carbocycles. The summed E-state index contributed by atoms with van der Waals surface area (Å²) in [6.07, 6.45) is -0.125. The number of hydrogen-bond donors (Lipinski definition) is 2. The van der Waals surface area contributed by atoms with Crippen LogP contribution in [0.2, 0.25) is 0 Å². The summed E-state index contributed by atoms with van der Waals surface area (Å²) in [5, 5.41) is 13.8. The standard InChI is InChI=1S/C12H15N3O5/c13-12(16)10-5-8(15(17)18)1-2-11(10)20-7-9-6-14-3-4-19-9/h1-2,5,9,14H,3-4,6-7H2,(H2,13,16). The van der Waals surface area contributed by atoms with Gasteiger partial charge in [-0.1, -0.05) is 0 Å². The van der Waals surface area contributed by atoms with E-state index >= 15 is 0 Å². The lowest BCUT2D eigenvalue weighted by Gasteiger charge is -2.23. The minimum atomic E-state index is -0.772. The zero-order valence-electron chi connectivity index (χ0n) is 10.7. The Labute approximate surface area is 115 Å². The molecule has 0 spiro atoms. The molecule has 1 atom stereocenters. The lowest BCUT2D eigenvalue weighted by molar-refractivity contribution is -0.384. The van der Waals surface area contributed by atoms with Crippen molar-refractivity contribution in [2.24, 2.45) is 5.73 Å². The van der Waals surface area contributed by atoms with Gasteiger partial charge >= 0.3 is 0 Å². The molecule has 1 fully saturated rings. The first-order valence-corrected chi connectivity index (χ1v) is 6.11. The van der Waals surface area contributed by atoms with Crippen molar-refractivity contribution in [3.63, 3.8) is 0 Å². The molecule has 1 unspecified atom stereocenters. The molecule has 3 N–H and O–H groups in total. The Balaban J connectivity index is 2.09. The molecule has 1 heterocycles. The summed E-state index contributed by atoms with van der Waals surface area (Å²) in [6.45, 7) is 2.28. The van der Waals surface area contributed by atoms with Crippen LogP contribution in [0.4, 0.5) is 5.69 Å². The Kier molecular flexibility index (Phi) is 4.49. The monoisotopic (exact) mass is 281 g/mol. The van der Waals surface area contributed by atoms with Crippen LogP contribution in [-0.4, -0.2) is 43.2 Å². The summed E-state index contributed by atoms with van der Waals surface area (Å²) in [6, 6.07) is 3.74. The first-order chi connectivity index (χ1) is 9.58. The molecular formula is C12H15N3O5. The summed E-state index contributed by atoms with van der Waals surface area (Å²) < 4.78 is 10.9. The van der Waals surface area contributed by atoms with E-state index in [1.807, 2.05) is 0 Å². The smallest absolute Gasteiger partial charge is 0.270 e. The Morgan fingerprint density at radius 2 is 2.40 bits per heavy atom. The highest BCUT2D eigenvalue weighted by Gasteiger charge is 2.18. The number of ether oxygens (including phenoxy) is 2. The first-order valence-electron chi connectivity index (χ1n) is 6.11. The van der Waals surface area contributed by atoms with Crippen LogP contribution in [0.1, 0.15) is 10.4 Å². The number of benzene rings is 1. The van der Waals surface area contributed by atoms with E-state index in [0.29, 0.717) is 13.2 Å². The highest BCUT2D eigenvalue weighted by atomic mass is 16.6. The summed E-state index contributed by atoms with van der Waals surface area (Å²) in [5.74, 6) is -0.552. The van der Waals surface area contributed by atoms with Crippen LogP contribution in [0.15, 0.2) is 18.2 Å². The number of carbonyl (C=O) groups excluding carboxylic acids is 1. The zero-order chi connectivity index (χ0) is 14.5. The Morgan fingerprint density at radius 3 is 3.00 bits per heavy atom. The molecule has 0 radical (unpaired) electrons. The van der Waals surface area contributed by atoms with Gasteiger partial charge in [0.15, 0.2) is 0 Å². The highest BCUT2D eigenvalue weighted by molar-refractivity contribution is 5.96. The fourth-order valence-corrected chi connectivity index (χ4v) is 1.86. The number of rotatable bonds is 5. The number of amides is 1. The molecule has 1 aliphatic heterocycles. The van der Waals surface area contributed by atoms with E-state index in [9.17, 15) is 14.9 Å². The van der Waals surface area contributed by atoms with Crippen molar-refractivity contribution in [2.75, 3.05) is 26.3 Å². The van der Waals surface area contributed by atoms with Crippen LogP contribution in [0.5, 0.6) is 5.75 Å². The topological polar surface area (TPSA) is 117 Å². The number of carbonyl (C=O) groups is 1. The molecule has 1 saturated heterocycles. The molecule has 1 aliphatic rings. The van der Waals surface area contributed by atoms with Gasteiger partial charge in [-0.2, -0.15) is 0 Å². The molecule has 0 aliphatic carbocycles. The Bertz CT molecular complexity index is 514. The number of primary amides is 1. The van der Waals surface area contributed by atoms with Crippen LogP contribution < -0.4 is 15.8 Å².